The van der Waals surface area contributed by atoms with Crippen LogP contribution in [0.2, 0.25) is 0 Å². The van der Waals surface area contributed by atoms with E-state index in [1.165, 1.54) is 18.2 Å². The standard InChI is InChI=1S/C23H21F2N3O4/c24-15-7-9-18(17(25)12-15)27-21(29)13-32-23(31)14-6-8-16-19(11-14)26-20-5-3-1-2-4-10-28(20)22(16)30/h6-9,11-12H,1-5,10,13H2,(H,27,29). The van der Waals surface area contributed by atoms with Crippen LogP contribution in [-0.4, -0.2) is 28.0 Å². The maximum atomic E-state index is 13.6. The number of halogens is 2. The first kappa shape index (κ1) is 21.6. The van der Waals surface area contributed by atoms with Crippen molar-refractivity contribution in [1.82, 2.24) is 9.55 Å². The molecular formula is C23H21F2N3O4. The molecule has 0 aliphatic carbocycles. The minimum absolute atomic E-state index is 0.132. The Hall–Kier alpha value is -3.62. The highest BCUT2D eigenvalue weighted by atomic mass is 19.1. The summed E-state index contributed by atoms with van der Waals surface area (Å²) < 4.78 is 33.3. The van der Waals surface area contributed by atoms with Crippen LogP contribution in [0.4, 0.5) is 14.5 Å². The molecule has 4 rings (SSSR count). The fourth-order valence-electron chi connectivity index (χ4n) is 3.71. The maximum Gasteiger partial charge on any atom is 0.338 e. The molecule has 1 aliphatic heterocycles. The molecule has 0 saturated heterocycles. The summed E-state index contributed by atoms with van der Waals surface area (Å²) in [6.07, 6.45) is 4.73. The van der Waals surface area contributed by atoms with Gasteiger partial charge in [0, 0.05) is 19.0 Å². The first-order chi connectivity index (χ1) is 15.4. The van der Waals surface area contributed by atoms with Crippen LogP contribution in [0.3, 0.4) is 0 Å². The Labute approximate surface area is 182 Å². The summed E-state index contributed by atoms with van der Waals surface area (Å²) in [4.78, 5) is 41.8. The molecule has 0 spiro atoms. The lowest BCUT2D eigenvalue weighted by atomic mass is 10.1. The van der Waals surface area contributed by atoms with Crippen molar-refractivity contribution in [2.75, 3.05) is 11.9 Å². The molecule has 0 unspecified atom stereocenters. The number of rotatable bonds is 4. The number of carbonyl (C=O) groups excluding carboxylic acids is 2. The number of aromatic nitrogens is 2. The average Bonchev–Trinajstić information content (AvgIpc) is 2.75. The van der Waals surface area contributed by atoms with E-state index >= 15 is 0 Å². The van der Waals surface area contributed by atoms with Gasteiger partial charge in [0.25, 0.3) is 11.5 Å². The zero-order chi connectivity index (χ0) is 22.7. The van der Waals surface area contributed by atoms with E-state index in [1.807, 2.05) is 0 Å². The van der Waals surface area contributed by atoms with Crippen LogP contribution in [0.1, 0.15) is 41.9 Å². The van der Waals surface area contributed by atoms with Crippen LogP contribution in [-0.2, 0) is 22.5 Å². The first-order valence-electron chi connectivity index (χ1n) is 10.4. The highest BCUT2D eigenvalue weighted by molar-refractivity contribution is 5.97. The molecule has 0 radical (unpaired) electrons. The summed E-state index contributed by atoms with van der Waals surface area (Å²) in [5.74, 6) is -2.57. The summed E-state index contributed by atoms with van der Waals surface area (Å²) >= 11 is 0. The van der Waals surface area contributed by atoms with Crippen LogP contribution < -0.4 is 10.9 Å². The van der Waals surface area contributed by atoms with Gasteiger partial charge in [-0.25, -0.2) is 18.6 Å². The van der Waals surface area contributed by atoms with Gasteiger partial charge in [-0.05, 0) is 43.2 Å². The Morgan fingerprint density at radius 1 is 1.06 bits per heavy atom. The van der Waals surface area contributed by atoms with Crippen LogP contribution in [0, 0.1) is 11.6 Å². The number of ether oxygens (including phenoxy) is 1. The van der Waals surface area contributed by atoms with Crippen LogP contribution in [0.5, 0.6) is 0 Å². The number of nitrogens with zero attached hydrogens (tertiary/aromatic N) is 2. The van der Waals surface area contributed by atoms with Gasteiger partial charge in [-0.3, -0.25) is 14.2 Å². The number of nitrogens with one attached hydrogen (secondary N) is 1. The van der Waals surface area contributed by atoms with Crippen molar-refractivity contribution in [3.05, 3.63) is 69.8 Å². The van der Waals surface area contributed by atoms with Crippen LogP contribution >= 0.6 is 0 Å². The fraction of sp³-hybridized carbons (Fsp3) is 0.304. The predicted molar refractivity (Wildman–Crippen MR) is 113 cm³/mol. The lowest BCUT2D eigenvalue weighted by Gasteiger charge is -2.16. The van der Waals surface area contributed by atoms with E-state index in [1.54, 1.807) is 4.57 Å². The number of hydrogen-bond donors (Lipinski definition) is 1. The summed E-state index contributed by atoms with van der Waals surface area (Å²) in [7, 11) is 0. The van der Waals surface area contributed by atoms with E-state index in [0.29, 0.717) is 35.8 Å². The lowest BCUT2D eigenvalue weighted by Crippen LogP contribution is -2.26. The molecule has 0 bridgehead atoms. The number of anilines is 1. The van der Waals surface area contributed by atoms with E-state index in [-0.39, 0.29) is 16.8 Å². The summed E-state index contributed by atoms with van der Waals surface area (Å²) in [6, 6.07) is 7.15. The number of carbonyl (C=O) groups is 2. The lowest BCUT2D eigenvalue weighted by molar-refractivity contribution is -0.119. The molecule has 1 aliphatic rings. The second kappa shape index (κ2) is 9.25. The molecule has 7 nitrogen and oxygen atoms in total. The minimum atomic E-state index is -0.939. The molecule has 1 N–H and O–H groups in total. The van der Waals surface area contributed by atoms with Crippen molar-refractivity contribution in [1.29, 1.82) is 0 Å². The molecule has 2 heterocycles. The largest absolute Gasteiger partial charge is 0.452 e. The van der Waals surface area contributed by atoms with Gasteiger partial charge in [0.05, 0.1) is 22.2 Å². The molecule has 9 heteroatoms. The smallest absolute Gasteiger partial charge is 0.338 e. The molecule has 0 fully saturated rings. The maximum absolute atomic E-state index is 13.6. The van der Waals surface area contributed by atoms with Gasteiger partial charge in [-0.2, -0.15) is 0 Å². The van der Waals surface area contributed by atoms with E-state index < -0.39 is 30.1 Å². The zero-order valence-corrected chi connectivity index (χ0v) is 17.2. The molecule has 0 atom stereocenters. The SMILES string of the molecule is O=C(COC(=O)c1ccc2c(=O)n3c(nc2c1)CCCCCC3)Nc1ccc(F)cc1F. The Kier molecular flexibility index (Phi) is 6.25. The Morgan fingerprint density at radius 3 is 2.69 bits per heavy atom. The number of benzene rings is 2. The van der Waals surface area contributed by atoms with Crippen molar-refractivity contribution >= 4 is 28.5 Å². The monoisotopic (exact) mass is 441 g/mol. The van der Waals surface area contributed by atoms with Crippen molar-refractivity contribution in [2.45, 2.75) is 38.6 Å². The predicted octanol–water partition coefficient (Wildman–Crippen LogP) is 3.59. The van der Waals surface area contributed by atoms with Gasteiger partial charge < -0.3 is 10.1 Å². The van der Waals surface area contributed by atoms with Gasteiger partial charge in [0.1, 0.15) is 17.5 Å². The zero-order valence-electron chi connectivity index (χ0n) is 17.2. The van der Waals surface area contributed by atoms with Gasteiger partial charge in [-0.1, -0.05) is 12.8 Å². The van der Waals surface area contributed by atoms with Gasteiger partial charge >= 0.3 is 5.97 Å². The minimum Gasteiger partial charge on any atom is -0.452 e. The molecule has 32 heavy (non-hydrogen) atoms. The number of aryl methyl sites for hydroxylation is 1. The Bertz CT molecular complexity index is 1260. The van der Waals surface area contributed by atoms with Crippen molar-refractivity contribution in [2.24, 2.45) is 0 Å². The highest BCUT2D eigenvalue weighted by Gasteiger charge is 2.16. The molecule has 0 saturated carbocycles. The molecule has 3 aromatic rings. The van der Waals surface area contributed by atoms with E-state index in [4.69, 9.17) is 4.74 Å². The second-order valence-corrected chi connectivity index (χ2v) is 7.63. The highest BCUT2D eigenvalue weighted by Crippen LogP contribution is 2.17. The van der Waals surface area contributed by atoms with Gasteiger partial charge in [0.2, 0.25) is 0 Å². The van der Waals surface area contributed by atoms with Gasteiger partial charge in [0.15, 0.2) is 6.61 Å². The number of fused-ring (bicyclic) bond motifs is 2. The summed E-state index contributed by atoms with van der Waals surface area (Å²) in [5, 5.41) is 2.62. The Morgan fingerprint density at radius 2 is 1.88 bits per heavy atom. The van der Waals surface area contributed by atoms with Crippen LogP contribution in [0.25, 0.3) is 10.9 Å². The third kappa shape index (κ3) is 4.66. The van der Waals surface area contributed by atoms with E-state index in [9.17, 15) is 23.2 Å². The van der Waals surface area contributed by atoms with Gasteiger partial charge in [-0.15, -0.1) is 0 Å². The molecule has 2 aromatic carbocycles. The second-order valence-electron chi connectivity index (χ2n) is 7.63. The van der Waals surface area contributed by atoms with Crippen molar-refractivity contribution < 1.29 is 23.1 Å². The number of hydrogen-bond acceptors (Lipinski definition) is 5. The topological polar surface area (TPSA) is 90.3 Å². The van der Waals surface area contributed by atoms with Crippen molar-refractivity contribution in [3.8, 4) is 0 Å². The molecule has 1 aromatic heterocycles. The van der Waals surface area contributed by atoms with Crippen molar-refractivity contribution in [3.63, 3.8) is 0 Å². The summed E-state index contributed by atoms with van der Waals surface area (Å²) in [6.45, 7) is -0.0291. The summed E-state index contributed by atoms with van der Waals surface area (Å²) in [5.41, 5.74) is 0.182. The third-order valence-electron chi connectivity index (χ3n) is 5.34. The average molecular weight is 441 g/mol. The third-order valence-corrected chi connectivity index (χ3v) is 5.34. The fourth-order valence-corrected chi connectivity index (χ4v) is 3.71. The quantitative estimate of drug-likeness (QED) is 0.625. The van der Waals surface area contributed by atoms with Crippen LogP contribution in [0.15, 0.2) is 41.2 Å². The molecule has 1 amide bonds. The Balaban J connectivity index is 1.48. The normalized spacial score (nSPS) is 13.7. The molecular weight excluding hydrogens is 420 g/mol. The number of amides is 1. The number of esters is 1. The first-order valence-corrected chi connectivity index (χ1v) is 10.4. The van der Waals surface area contributed by atoms with E-state index in [2.05, 4.69) is 10.3 Å². The van der Waals surface area contributed by atoms with E-state index in [0.717, 1.165) is 37.8 Å². The molecule has 166 valence electrons.